The van der Waals surface area contributed by atoms with Gasteiger partial charge in [-0.3, -0.25) is 4.90 Å². The minimum Gasteiger partial charge on any atom is -0.379 e. The van der Waals surface area contributed by atoms with Crippen molar-refractivity contribution in [2.24, 2.45) is 0 Å². The van der Waals surface area contributed by atoms with Gasteiger partial charge in [-0.1, -0.05) is 0 Å². The van der Waals surface area contributed by atoms with E-state index in [1.165, 1.54) is 18.5 Å². The molecule has 0 atom stereocenters. The largest absolute Gasteiger partial charge is 0.379 e. The van der Waals surface area contributed by atoms with Crippen LogP contribution in [-0.2, 0) is 11.2 Å². The lowest BCUT2D eigenvalue weighted by Crippen LogP contribution is -2.38. The Bertz CT molecular complexity index is 431. The second-order valence-corrected chi connectivity index (χ2v) is 5.31. The van der Waals surface area contributed by atoms with E-state index in [4.69, 9.17) is 4.74 Å². The molecule has 0 bridgehead atoms. The van der Waals surface area contributed by atoms with Gasteiger partial charge in [-0.15, -0.1) is 0 Å². The third kappa shape index (κ3) is 2.87. The topological polar surface area (TPSA) is 41.5 Å². The van der Waals surface area contributed by atoms with Crippen molar-refractivity contribution in [2.45, 2.75) is 19.8 Å². The summed E-state index contributed by atoms with van der Waals surface area (Å²) >= 11 is 0. The van der Waals surface area contributed by atoms with Crippen LogP contribution in [0, 0.1) is 6.92 Å². The average Bonchev–Trinajstić information content (AvgIpc) is 2.85. The van der Waals surface area contributed by atoms with Crippen molar-refractivity contribution in [2.75, 3.05) is 50.8 Å². The highest BCUT2D eigenvalue weighted by molar-refractivity contribution is 5.53. The molecule has 5 nitrogen and oxygen atoms in total. The lowest BCUT2D eigenvalue weighted by Gasteiger charge is -2.27. The van der Waals surface area contributed by atoms with Crippen LogP contribution in [0.5, 0.6) is 0 Å². The maximum Gasteiger partial charge on any atom is 0.135 e. The Morgan fingerprint density at radius 3 is 2.84 bits per heavy atom. The Hall–Kier alpha value is -1.20. The normalized spacial score (nSPS) is 19.7. The summed E-state index contributed by atoms with van der Waals surface area (Å²) in [6, 6.07) is 0. The molecular formula is C14H22N4O. The number of rotatable bonds is 4. The first-order valence-electron chi connectivity index (χ1n) is 7.20. The van der Waals surface area contributed by atoms with E-state index < -0.39 is 0 Å². The minimum atomic E-state index is 0.888. The molecule has 104 valence electrons. The molecule has 1 saturated heterocycles. The molecule has 0 amide bonds. The van der Waals surface area contributed by atoms with Gasteiger partial charge in [-0.05, 0) is 19.8 Å². The van der Waals surface area contributed by atoms with Gasteiger partial charge in [-0.25, -0.2) is 9.97 Å². The molecule has 0 saturated carbocycles. The van der Waals surface area contributed by atoms with Gasteiger partial charge in [0.1, 0.15) is 12.1 Å². The number of anilines is 1. The highest BCUT2D eigenvalue weighted by Gasteiger charge is 2.22. The summed E-state index contributed by atoms with van der Waals surface area (Å²) in [5, 5.41) is 0. The molecule has 0 N–H and O–H groups in total. The summed E-state index contributed by atoms with van der Waals surface area (Å²) in [6.07, 6.45) is 3.98. The number of morpholine rings is 1. The third-order valence-electron chi connectivity index (χ3n) is 4.08. The molecule has 3 heterocycles. The number of ether oxygens (including phenoxy) is 1. The van der Waals surface area contributed by atoms with Crippen LogP contribution in [0.15, 0.2) is 6.33 Å². The second kappa shape index (κ2) is 5.84. The number of aromatic nitrogens is 2. The van der Waals surface area contributed by atoms with E-state index in [-0.39, 0.29) is 0 Å². The predicted octanol–water partition coefficient (Wildman–Crippen LogP) is 0.870. The highest BCUT2D eigenvalue weighted by Crippen LogP contribution is 2.26. The maximum absolute atomic E-state index is 5.37. The van der Waals surface area contributed by atoms with Crippen LogP contribution < -0.4 is 4.90 Å². The van der Waals surface area contributed by atoms with E-state index in [9.17, 15) is 0 Å². The smallest absolute Gasteiger partial charge is 0.135 e. The van der Waals surface area contributed by atoms with Crippen LogP contribution in [0.3, 0.4) is 0 Å². The van der Waals surface area contributed by atoms with E-state index in [0.717, 1.165) is 57.3 Å². The van der Waals surface area contributed by atoms with E-state index in [2.05, 4.69) is 26.7 Å². The van der Waals surface area contributed by atoms with Gasteiger partial charge in [0.25, 0.3) is 0 Å². The number of fused-ring (bicyclic) bond motifs is 1. The van der Waals surface area contributed by atoms with E-state index >= 15 is 0 Å². The van der Waals surface area contributed by atoms with Crippen molar-refractivity contribution >= 4 is 5.82 Å². The van der Waals surface area contributed by atoms with Crippen LogP contribution in [-0.4, -0.2) is 60.8 Å². The summed E-state index contributed by atoms with van der Waals surface area (Å²) < 4.78 is 5.37. The van der Waals surface area contributed by atoms with Crippen molar-refractivity contribution in [1.82, 2.24) is 14.9 Å². The summed E-state index contributed by atoms with van der Waals surface area (Å²) in [6.45, 7) is 9.38. The van der Waals surface area contributed by atoms with Gasteiger partial charge >= 0.3 is 0 Å². The first-order chi connectivity index (χ1) is 9.34. The first-order valence-corrected chi connectivity index (χ1v) is 7.20. The van der Waals surface area contributed by atoms with Gasteiger partial charge in [0.15, 0.2) is 0 Å². The quantitative estimate of drug-likeness (QED) is 0.805. The Balaban J connectivity index is 1.51. The molecule has 2 aliphatic rings. The van der Waals surface area contributed by atoms with Crippen molar-refractivity contribution in [3.8, 4) is 0 Å². The Labute approximate surface area is 114 Å². The Morgan fingerprint density at radius 1 is 1.16 bits per heavy atom. The van der Waals surface area contributed by atoms with E-state index in [0.29, 0.717) is 0 Å². The van der Waals surface area contributed by atoms with Gasteiger partial charge in [0.2, 0.25) is 0 Å². The Morgan fingerprint density at radius 2 is 2.00 bits per heavy atom. The zero-order valence-corrected chi connectivity index (χ0v) is 11.6. The number of hydrogen-bond donors (Lipinski definition) is 0. The fourth-order valence-corrected chi connectivity index (χ4v) is 2.93. The first kappa shape index (κ1) is 12.8. The number of hydrogen-bond acceptors (Lipinski definition) is 5. The molecule has 0 radical (unpaired) electrons. The van der Waals surface area contributed by atoms with Gasteiger partial charge < -0.3 is 9.64 Å². The molecule has 3 rings (SSSR count). The fraction of sp³-hybridized carbons (Fsp3) is 0.714. The second-order valence-electron chi connectivity index (χ2n) is 5.31. The molecule has 19 heavy (non-hydrogen) atoms. The van der Waals surface area contributed by atoms with Crippen LogP contribution >= 0.6 is 0 Å². The van der Waals surface area contributed by atoms with Crippen molar-refractivity contribution < 1.29 is 4.74 Å². The summed E-state index contributed by atoms with van der Waals surface area (Å²) in [7, 11) is 0. The van der Waals surface area contributed by atoms with Crippen molar-refractivity contribution in [1.29, 1.82) is 0 Å². The van der Waals surface area contributed by atoms with Crippen LogP contribution in [0.2, 0.25) is 0 Å². The van der Waals surface area contributed by atoms with Crippen LogP contribution in [0.4, 0.5) is 5.82 Å². The number of nitrogens with zero attached hydrogens (tertiary/aromatic N) is 4. The molecule has 0 spiro atoms. The molecule has 1 aromatic rings. The van der Waals surface area contributed by atoms with E-state index in [1.807, 2.05) is 0 Å². The predicted molar refractivity (Wildman–Crippen MR) is 74.6 cm³/mol. The van der Waals surface area contributed by atoms with Gasteiger partial charge in [0.05, 0.1) is 13.2 Å². The lowest BCUT2D eigenvalue weighted by molar-refractivity contribution is 0.0376. The number of aryl methyl sites for hydroxylation is 1. The van der Waals surface area contributed by atoms with Crippen LogP contribution in [0.1, 0.15) is 17.7 Å². The molecule has 0 unspecified atom stereocenters. The average molecular weight is 262 g/mol. The Kier molecular flexibility index (Phi) is 3.94. The monoisotopic (exact) mass is 262 g/mol. The zero-order chi connectivity index (χ0) is 13.1. The minimum absolute atomic E-state index is 0.888. The zero-order valence-electron chi connectivity index (χ0n) is 11.6. The summed E-state index contributed by atoms with van der Waals surface area (Å²) in [5.74, 6) is 1.16. The standard InChI is InChI=1S/C14H22N4O/c1-12-13-3-6-18(14(13)16-11-15-12)5-2-4-17-7-9-19-10-8-17/h11H,2-10H2,1H3. The van der Waals surface area contributed by atoms with Crippen LogP contribution in [0.25, 0.3) is 0 Å². The maximum atomic E-state index is 5.37. The van der Waals surface area contributed by atoms with Gasteiger partial charge in [0, 0.05) is 44.0 Å². The third-order valence-corrected chi connectivity index (χ3v) is 4.08. The van der Waals surface area contributed by atoms with E-state index in [1.54, 1.807) is 6.33 Å². The summed E-state index contributed by atoms with van der Waals surface area (Å²) in [5.41, 5.74) is 2.48. The molecule has 2 aliphatic heterocycles. The summed E-state index contributed by atoms with van der Waals surface area (Å²) in [4.78, 5) is 13.6. The lowest BCUT2D eigenvalue weighted by atomic mass is 10.2. The molecule has 1 aromatic heterocycles. The highest BCUT2D eigenvalue weighted by atomic mass is 16.5. The molecule has 0 aromatic carbocycles. The van der Waals surface area contributed by atoms with Crippen molar-refractivity contribution in [3.05, 3.63) is 17.6 Å². The van der Waals surface area contributed by atoms with Crippen molar-refractivity contribution in [3.63, 3.8) is 0 Å². The molecule has 5 heteroatoms. The molecule has 1 fully saturated rings. The SMILES string of the molecule is Cc1ncnc2c1CCN2CCCN1CCOCC1. The van der Waals surface area contributed by atoms with Gasteiger partial charge in [-0.2, -0.15) is 0 Å². The molecular weight excluding hydrogens is 240 g/mol. The molecule has 0 aliphatic carbocycles. The fourth-order valence-electron chi connectivity index (χ4n) is 2.93.